The molecule has 0 atom stereocenters. The Morgan fingerprint density at radius 2 is 2.00 bits per heavy atom. The Labute approximate surface area is 127 Å². The minimum absolute atomic E-state index is 0.555. The summed E-state index contributed by atoms with van der Waals surface area (Å²) in [6.45, 7) is 6.03. The van der Waals surface area contributed by atoms with Crippen LogP contribution >= 0.6 is 15.9 Å². The highest BCUT2D eigenvalue weighted by Crippen LogP contribution is 2.32. The Morgan fingerprint density at radius 1 is 1.25 bits per heavy atom. The summed E-state index contributed by atoms with van der Waals surface area (Å²) in [5.74, 6) is 2.38. The zero-order valence-corrected chi connectivity index (χ0v) is 13.3. The van der Waals surface area contributed by atoms with E-state index in [-0.39, 0.29) is 0 Å². The maximum absolute atomic E-state index is 4.55. The molecule has 5 nitrogen and oxygen atoms in total. The predicted octanol–water partition coefficient (Wildman–Crippen LogP) is 2.96. The monoisotopic (exact) mass is 335 g/mol. The Morgan fingerprint density at radius 3 is 2.65 bits per heavy atom. The second-order valence-electron chi connectivity index (χ2n) is 5.26. The van der Waals surface area contributed by atoms with Crippen LogP contribution in [0.4, 0.5) is 5.82 Å². The molecule has 0 bridgehead atoms. The number of imidazole rings is 1. The topological polar surface area (TPSA) is 57.7 Å². The van der Waals surface area contributed by atoms with Crippen molar-refractivity contribution < 1.29 is 0 Å². The lowest BCUT2D eigenvalue weighted by Gasteiger charge is -2.33. The third-order valence-corrected chi connectivity index (χ3v) is 4.46. The van der Waals surface area contributed by atoms with Crippen LogP contribution in [0.3, 0.4) is 0 Å². The van der Waals surface area contributed by atoms with Crippen LogP contribution in [-0.4, -0.2) is 33.0 Å². The summed E-state index contributed by atoms with van der Waals surface area (Å²) in [5, 5.41) is 0. The lowest BCUT2D eigenvalue weighted by molar-refractivity contribution is 0.492. The number of aromatic nitrogens is 4. The zero-order chi connectivity index (χ0) is 14.1. The summed E-state index contributed by atoms with van der Waals surface area (Å²) >= 11 is 3.55. The van der Waals surface area contributed by atoms with Gasteiger partial charge in [0.2, 0.25) is 0 Å². The number of H-pyrrole nitrogens is 1. The van der Waals surface area contributed by atoms with Crippen LogP contribution in [0.1, 0.15) is 36.0 Å². The van der Waals surface area contributed by atoms with E-state index in [2.05, 4.69) is 47.7 Å². The zero-order valence-electron chi connectivity index (χ0n) is 11.7. The first kappa shape index (κ1) is 13.5. The van der Waals surface area contributed by atoms with Crippen molar-refractivity contribution in [2.45, 2.75) is 32.6 Å². The molecule has 3 heterocycles. The normalized spacial score (nSPS) is 16.6. The van der Waals surface area contributed by atoms with Crippen molar-refractivity contribution in [1.82, 2.24) is 19.9 Å². The molecule has 2 aromatic heterocycles. The molecule has 20 heavy (non-hydrogen) atoms. The van der Waals surface area contributed by atoms with Gasteiger partial charge in [-0.15, -0.1) is 0 Å². The van der Waals surface area contributed by atoms with E-state index in [4.69, 9.17) is 0 Å². The Kier molecular flexibility index (Phi) is 3.74. The molecular formula is C14H18BrN5. The van der Waals surface area contributed by atoms with Crippen LogP contribution < -0.4 is 4.90 Å². The van der Waals surface area contributed by atoms with Gasteiger partial charge in [0.1, 0.15) is 11.6 Å². The lowest BCUT2D eigenvalue weighted by atomic mass is 9.92. The molecule has 0 saturated carbocycles. The molecule has 0 amide bonds. The van der Waals surface area contributed by atoms with Gasteiger partial charge in [-0.25, -0.2) is 15.0 Å². The molecule has 106 valence electrons. The van der Waals surface area contributed by atoms with E-state index in [1.807, 2.05) is 13.1 Å². The Hall–Kier alpha value is -1.43. The average Bonchev–Trinajstić information content (AvgIpc) is 2.88. The molecule has 2 aromatic rings. The first-order valence-electron chi connectivity index (χ1n) is 6.89. The van der Waals surface area contributed by atoms with Gasteiger partial charge in [0.05, 0.1) is 16.5 Å². The van der Waals surface area contributed by atoms with Crippen molar-refractivity contribution in [2.75, 3.05) is 18.0 Å². The van der Waals surface area contributed by atoms with Crippen LogP contribution in [0.15, 0.2) is 17.0 Å². The third-order valence-electron chi connectivity index (χ3n) is 3.90. The van der Waals surface area contributed by atoms with Gasteiger partial charge in [-0.1, -0.05) is 0 Å². The van der Waals surface area contributed by atoms with Gasteiger partial charge in [-0.05, 0) is 42.6 Å². The molecule has 1 saturated heterocycles. The number of piperidine rings is 1. The number of halogens is 1. The van der Waals surface area contributed by atoms with Gasteiger partial charge < -0.3 is 9.88 Å². The number of anilines is 1. The molecule has 1 N–H and O–H groups in total. The maximum atomic E-state index is 4.55. The predicted molar refractivity (Wildman–Crippen MR) is 82.0 cm³/mol. The van der Waals surface area contributed by atoms with Gasteiger partial charge in [0, 0.05) is 30.9 Å². The average molecular weight is 336 g/mol. The van der Waals surface area contributed by atoms with E-state index >= 15 is 0 Å². The third kappa shape index (κ3) is 2.57. The van der Waals surface area contributed by atoms with Crippen molar-refractivity contribution >= 4 is 21.7 Å². The first-order chi connectivity index (χ1) is 9.65. The fourth-order valence-corrected chi connectivity index (χ4v) is 3.25. The van der Waals surface area contributed by atoms with E-state index in [1.54, 1.807) is 6.33 Å². The number of rotatable bonds is 2. The molecule has 0 radical (unpaired) electrons. The Balaban J connectivity index is 1.72. The van der Waals surface area contributed by atoms with Gasteiger partial charge in [-0.3, -0.25) is 0 Å². The fourth-order valence-electron chi connectivity index (χ4n) is 2.81. The summed E-state index contributed by atoms with van der Waals surface area (Å²) in [6, 6.07) is 0. The maximum Gasteiger partial charge on any atom is 0.146 e. The number of hydrogen-bond donors (Lipinski definition) is 1. The minimum Gasteiger partial charge on any atom is -0.356 e. The van der Waals surface area contributed by atoms with E-state index < -0.39 is 0 Å². The van der Waals surface area contributed by atoms with Crippen molar-refractivity contribution in [3.8, 4) is 0 Å². The standard InChI is InChI=1S/C14H18BrN5/c1-9-13(18-8-17-9)11-3-5-20(6-4-11)14-12(15)7-16-10(2)19-14/h7-8,11H,3-6H2,1-2H3,(H,17,18). The number of aryl methyl sites for hydroxylation is 2. The molecule has 1 aliphatic heterocycles. The Bertz CT molecular complexity index is 601. The fraction of sp³-hybridized carbons (Fsp3) is 0.500. The largest absolute Gasteiger partial charge is 0.356 e. The summed E-state index contributed by atoms with van der Waals surface area (Å²) in [6.07, 6.45) is 5.85. The van der Waals surface area contributed by atoms with E-state index in [0.717, 1.165) is 42.0 Å². The number of nitrogens with one attached hydrogen (secondary N) is 1. The molecule has 3 rings (SSSR count). The van der Waals surface area contributed by atoms with Crippen molar-refractivity contribution in [1.29, 1.82) is 0 Å². The second-order valence-corrected chi connectivity index (χ2v) is 6.12. The number of hydrogen-bond acceptors (Lipinski definition) is 4. The molecular weight excluding hydrogens is 318 g/mol. The second kappa shape index (κ2) is 5.52. The summed E-state index contributed by atoms with van der Waals surface area (Å²) < 4.78 is 0.970. The highest BCUT2D eigenvalue weighted by molar-refractivity contribution is 9.10. The lowest BCUT2D eigenvalue weighted by Crippen LogP contribution is -2.34. The van der Waals surface area contributed by atoms with Crippen molar-refractivity contribution in [3.63, 3.8) is 0 Å². The molecule has 0 aromatic carbocycles. The summed E-state index contributed by atoms with van der Waals surface area (Å²) in [4.78, 5) is 18.7. The quantitative estimate of drug-likeness (QED) is 0.916. The van der Waals surface area contributed by atoms with Gasteiger partial charge in [0.25, 0.3) is 0 Å². The molecule has 1 aliphatic rings. The molecule has 6 heteroatoms. The van der Waals surface area contributed by atoms with Crippen LogP contribution in [0.2, 0.25) is 0 Å². The molecule has 0 aliphatic carbocycles. The van der Waals surface area contributed by atoms with Crippen LogP contribution in [0.25, 0.3) is 0 Å². The molecule has 1 fully saturated rings. The highest BCUT2D eigenvalue weighted by atomic mass is 79.9. The summed E-state index contributed by atoms with van der Waals surface area (Å²) in [7, 11) is 0. The van der Waals surface area contributed by atoms with Gasteiger partial charge >= 0.3 is 0 Å². The first-order valence-corrected chi connectivity index (χ1v) is 7.68. The van der Waals surface area contributed by atoms with E-state index in [0.29, 0.717) is 5.92 Å². The SMILES string of the molecule is Cc1ncc(Br)c(N2CCC(c3nc[nH]c3C)CC2)n1. The van der Waals surface area contributed by atoms with Crippen LogP contribution in [0.5, 0.6) is 0 Å². The van der Waals surface area contributed by atoms with Crippen LogP contribution in [0, 0.1) is 13.8 Å². The van der Waals surface area contributed by atoms with E-state index in [9.17, 15) is 0 Å². The van der Waals surface area contributed by atoms with Crippen LogP contribution in [-0.2, 0) is 0 Å². The number of aromatic amines is 1. The minimum atomic E-state index is 0.555. The van der Waals surface area contributed by atoms with Gasteiger partial charge in [0.15, 0.2) is 0 Å². The highest BCUT2D eigenvalue weighted by Gasteiger charge is 2.25. The van der Waals surface area contributed by atoms with Gasteiger partial charge in [-0.2, -0.15) is 0 Å². The molecule has 0 unspecified atom stereocenters. The number of nitrogens with zero attached hydrogens (tertiary/aromatic N) is 4. The van der Waals surface area contributed by atoms with Crippen molar-refractivity contribution in [2.24, 2.45) is 0 Å². The smallest absolute Gasteiger partial charge is 0.146 e. The van der Waals surface area contributed by atoms with E-state index in [1.165, 1.54) is 11.4 Å². The van der Waals surface area contributed by atoms with Crippen molar-refractivity contribution in [3.05, 3.63) is 34.2 Å². The molecule has 0 spiro atoms. The summed E-state index contributed by atoms with van der Waals surface area (Å²) in [5.41, 5.74) is 2.42.